The second kappa shape index (κ2) is 5.25. The molecule has 1 N–H and O–H groups in total. The molecule has 0 unspecified atom stereocenters. The van der Waals surface area contributed by atoms with E-state index < -0.39 is 0 Å². The number of nitrogens with one attached hydrogen (secondary N) is 1. The van der Waals surface area contributed by atoms with Gasteiger partial charge < -0.3 is 9.72 Å². The monoisotopic (exact) mass is 283 g/mol. The zero-order valence-corrected chi connectivity index (χ0v) is 12.7. The van der Waals surface area contributed by atoms with Crippen LogP contribution in [0, 0.1) is 13.8 Å². The van der Waals surface area contributed by atoms with Crippen molar-refractivity contribution >= 4 is 22.7 Å². The Morgan fingerprint density at radius 2 is 1.85 bits per heavy atom. The summed E-state index contributed by atoms with van der Waals surface area (Å²) in [6.45, 7) is 4.24. The van der Waals surface area contributed by atoms with Crippen LogP contribution in [0.3, 0.4) is 0 Å². The van der Waals surface area contributed by atoms with Crippen molar-refractivity contribution in [3.8, 4) is 5.75 Å². The molecule has 1 aromatic heterocycles. The molecule has 20 heavy (non-hydrogen) atoms. The summed E-state index contributed by atoms with van der Waals surface area (Å²) >= 11 is 1.75. The molecule has 0 spiro atoms. The van der Waals surface area contributed by atoms with Crippen LogP contribution >= 0.6 is 11.8 Å². The van der Waals surface area contributed by atoms with Gasteiger partial charge in [-0.05, 0) is 38.1 Å². The average molecular weight is 283 g/mol. The summed E-state index contributed by atoms with van der Waals surface area (Å²) in [5.41, 5.74) is 3.66. The highest BCUT2D eigenvalue weighted by molar-refractivity contribution is 7.99. The zero-order valence-electron chi connectivity index (χ0n) is 11.9. The molecule has 0 aliphatic heterocycles. The van der Waals surface area contributed by atoms with Gasteiger partial charge in [-0.15, -0.1) is 0 Å². The van der Waals surface area contributed by atoms with Gasteiger partial charge in [0.2, 0.25) is 0 Å². The molecule has 0 aliphatic rings. The molecule has 0 atom stereocenters. The highest BCUT2D eigenvalue weighted by atomic mass is 32.2. The maximum Gasteiger partial charge on any atom is 0.132 e. The lowest BCUT2D eigenvalue weighted by Crippen LogP contribution is -1.85. The van der Waals surface area contributed by atoms with E-state index in [0.29, 0.717) is 0 Å². The molecule has 0 saturated heterocycles. The Kier molecular flexibility index (Phi) is 3.45. The van der Waals surface area contributed by atoms with E-state index in [1.54, 1.807) is 18.9 Å². The van der Waals surface area contributed by atoms with Gasteiger partial charge in [-0.25, -0.2) is 0 Å². The summed E-state index contributed by atoms with van der Waals surface area (Å²) in [4.78, 5) is 5.86. The molecule has 0 fully saturated rings. The highest BCUT2D eigenvalue weighted by Crippen LogP contribution is 2.40. The fourth-order valence-corrected chi connectivity index (χ4v) is 3.46. The van der Waals surface area contributed by atoms with Gasteiger partial charge in [0.15, 0.2) is 0 Å². The smallest absolute Gasteiger partial charge is 0.132 e. The number of ether oxygens (including phenoxy) is 1. The normalized spacial score (nSPS) is 10.9. The number of aryl methyl sites for hydroxylation is 2. The number of aromatic nitrogens is 1. The molecule has 0 bridgehead atoms. The summed E-state index contributed by atoms with van der Waals surface area (Å²) < 4.78 is 5.44. The van der Waals surface area contributed by atoms with E-state index in [4.69, 9.17) is 4.74 Å². The Hall–Kier alpha value is -1.87. The molecule has 1 heterocycles. The minimum Gasteiger partial charge on any atom is -0.496 e. The Balaban J connectivity index is 2.10. The number of benzene rings is 2. The van der Waals surface area contributed by atoms with Gasteiger partial charge in [0.25, 0.3) is 0 Å². The predicted molar refractivity (Wildman–Crippen MR) is 84.9 cm³/mol. The second-order valence-electron chi connectivity index (χ2n) is 4.88. The number of rotatable bonds is 3. The Morgan fingerprint density at radius 3 is 2.65 bits per heavy atom. The van der Waals surface area contributed by atoms with Gasteiger partial charge in [0.1, 0.15) is 5.75 Å². The van der Waals surface area contributed by atoms with Crippen molar-refractivity contribution in [2.75, 3.05) is 7.11 Å². The van der Waals surface area contributed by atoms with E-state index in [1.165, 1.54) is 27.1 Å². The third-order valence-electron chi connectivity index (χ3n) is 3.36. The molecule has 2 aromatic carbocycles. The quantitative estimate of drug-likeness (QED) is 0.736. The maximum atomic E-state index is 5.44. The zero-order chi connectivity index (χ0) is 14.1. The van der Waals surface area contributed by atoms with E-state index in [0.717, 1.165) is 10.6 Å². The first-order chi connectivity index (χ1) is 9.69. The Morgan fingerprint density at radius 1 is 1.05 bits per heavy atom. The van der Waals surface area contributed by atoms with Crippen LogP contribution < -0.4 is 4.74 Å². The summed E-state index contributed by atoms with van der Waals surface area (Å²) in [7, 11) is 1.71. The lowest BCUT2D eigenvalue weighted by Gasteiger charge is -2.07. The molecular weight excluding hydrogens is 266 g/mol. The van der Waals surface area contributed by atoms with Gasteiger partial charge in [-0.1, -0.05) is 35.5 Å². The number of hydrogen-bond acceptors (Lipinski definition) is 2. The number of aromatic amines is 1. The molecule has 2 nitrogen and oxygen atoms in total. The first-order valence-electron chi connectivity index (χ1n) is 6.59. The van der Waals surface area contributed by atoms with E-state index in [-0.39, 0.29) is 0 Å². The molecule has 3 heteroatoms. The van der Waals surface area contributed by atoms with Crippen molar-refractivity contribution in [3.63, 3.8) is 0 Å². The van der Waals surface area contributed by atoms with E-state index >= 15 is 0 Å². The third-order valence-corrected chi connectivity index (χ3v) is 4.65. The second-order valence-corrected chi connectivity index (χ2v) is 5.93. The first-order valence-corrected chi connectivity index (χ1v) is 7.40. The highest BCUT2D eigenvalue weighted by Gasteiger charge is 2.12. The van der Waals surface area contributed by atoms with Crippen LogP contribution in [0.5, 0.6) is 5.75 Å². The molecule has 0 saturated carbocycles. The van der Waals surface area contributed by atoms with Crippen molar-refractivity contribution in [3.05, 3.63) is 53.7 Å². The summed E-state index contributed by atoms with van der Waals surface area (Å²) in [6, 6.07) is 14.6. The predicted octanol–water partition coefficient (Wildman–Crippen LogP) is 4.94. The largest absolute Gasteiger partial charge is 0.496 e. The molecule has 0 aliphatic carbocycles. The fraction of sp³-hybridized carbons (Fsp3) is 0.176. The van der Waals surface area contributed by atoms with E-state index in [2.05, 4.69) is 43.1 Å². The molecule has 0 radical (unpaired) electrons. The van der Waals surface area contributed by atoms with Crippen LogP contribution in [0.2, 0.25) is 0 Å². The van der Waals surface area contributed by atoms with Crippen molar-refractivity contribution < 1.29 is 4.74 Å². The first kappa shape index (κ1) is 13.1. The number of hydrogen-bond donors (Lipinski definition) is 1. The van der Waals surface area contributed by atoms with Gasteiger partial charge in [0.05, 0.1) is 12.0 Å². The van der Waals surface area contributed by atoms with Crippen molar-refractivity contribution in [1.82, 2.24) is 4.98 Å². The molecule has 102 valence electrons. The summed E-state index contributed by atoms with van der Waals surface area (Å²) in [5, 5.41) is 1.28. The molecular formula is C17H17NOS. The molecule has 3 rings (SSSR count). The topological polar surface area (TPSA) is 25.0 Å². The lowest BCUT2D eigenvalue weighted by molar-refractivity contribution is 0.405. The molecule has 3 aromatic rings. The Bertz CT molecular complexity index is 761. The van der Waals surface area contributed by atoms with Crippen LogP contribution in [0.1, 0.15) is 11.3 Å². The number of fused-ring (bicyclic) bond motifs is 1. The van der Waals surface area contributed by atoms with Crippen LogP contribution in [0.15, 0.2) is 52.3 Å². The summed E-state index contributed by atoms with van der Waals surface area (Å²) in [5.74, 6) is 0.916. The van der Waals surface area contributed by atoms with Crippen molar-refractivity contribution in [2.24, 2.45) is 0 Å². The van der Waals surface area contributed by atoms with Crippen LogP contribution in [-0.4, -0.2) is 12.1 Å². The SMILES string of the molecule is COc1ccccc1Sc1c(C)[nH]c2ccc(C)cc12. The maximum absolute atomic E-state index is 5.44. The van der Waals surface area contributed by atoms with Gasteiger partial charge in [0, 0.05) is 21.5 Å². The van der Waals surface area contributed by atoms with E-state index in [1.807, 2.05) is 18.2 Å². The Labute approximate surface area is 123 Å². The van der Waals surface area contributed by atoms with Gasteiger partial charge in [-0.2, -0.15) is 0 Å². The third kappa shape index (κ3) is 2.29. The fourth-order valence-electron chi connectivity index (χ4n) is 2.36. The number of H-pyrrole nitrogens is 1. The van der Waals surface area contributed by atoms with Gasteiger partial charge >= 0.3 is 0 Å². The minimum absolute atomic E-state index is 0.916. The van der Waals surface area contributed by atoms with Crippen molar-refractivity contribution in [2.45, 2.75) is 23.6 Å². The standard InChI is InChI=1S/C17H17NOS/c1-11-8-9-14-13(10-11)17(12(2)18-14)20-16-7-5-4-6-15(16)19-3/h4-10,18H,1-3H3. The number of methoxy groups -OCH3 is 1. The van der Waals surface area contributed by atoms with Crippen LogP contribution in [0.25, 0.3) is 10.9 Å². The van der Waals surface area contributed by atoms with Gasteiger partial charge in [-0.3, -0.25) is 0 Å². The summed E-state index contributed by atoms with van der Waals surface area (Å²) in [6.07, 6.45) is 0. The van der Waals surface area contributed by atoms with Crippen LogP contribution in [0.4, 0.5) is 0 Å². The molecule has 0 amide bonds. The van der Waals surface area contributed by atoms with Crippen LogP contribution in [-0.2, 0) is 0 Å². The average Bonchev–Trinajstić information content (AvgIpc) is 2.76. The van der Waals surface area contributed by atoms with Crippen molar-refractivity contribution in [1.29, 1.82) is 0 Å². The lowest BCUT2D eigenvalue weighted by atomic mass is 10.2. The minimum atomic E-state index is 0.916. The number of para-hydroxylation sites is 1. The van der Waals surface area contributed by atoms with E-state index in [9.17, 15) is 0 Å².